The molecule has 0 aromatic heterocycles. The van der Waals surface area contributed by atoms with Crippen LogP contribution < -0.4 is 0 Å². The fourth-order valence-corrected chi connectivity index (χ4v) is 1.86. The Morgan fingerprint density at radius 3 is 0.767 bits per heavy atom. The summed E-state index contributed by atoms with van der Waals surface area (Å²) in [6, 6.07) is 0. The molecule has 0 rings (SSSR count). The van der Waals surface area contributed by atoms with Crippen LogP contribution >= 0.6 is 0 Å². The lowest BCUT2D eigenvalue weighted by Gasteiger charge is -2.44. The Bertz CT molecular complexity index is 630. The first-order chi connectivity index (χ1) is 12.5. The van der Waals surface area contributed by atoms with Crippen LogP contribution in [0.4, 0.5) is 87.8 Å². The first kappa shape index (κ1) is 28.3. The van der Waals surface area contributed by atoms with Gasteiger partial charge in [0.05, 0.1) is 0 Å². The molecule has 180 valence electrons. The lowest BCUT2D eigenvalue weighted by atomic mass is 9.77. The highest BCUT2D eigenvalue weighted by Gasteiger charge is 2.96. The number of alkyl halides is 19. The van der Waals surface area contributed by atoms with Crippen molar-refractivity contribution >= 4 is 0 Å². The van der Waals surface area contributed by atoms with Crippen LogP contribution in [-0.2, 0) is 0 Å². The monoisotopic (exact) mass is 500 g/mol. The van der Waals surface area contributed by atoms with Gasteiger partial charge in [-0.15, -0.1) is 0 Å². The second kappa shape index (κ2) is 6.92. The molecular weight excluding hydrogens is 500 g/mol. The Hall–Kier alpha value is -1.66. The van der Waals surface area contributed by atoms with E-state index in [1.165, 1.54) is 0 Å². The van der Waals surface area contributed by atoms with E-state index in [0.29, 0.717) is 0 Å². The Morgan fingerprint density at radius 1 is 0.367 bits per heavy atom. The second-order valence-corrected chi connectivity index (χ2v) is 5.07. The van der Waals surface area contributed by atoms with E-state index in [1.807, 2.05) is 0 Å². The van der Waals surface area contributed by atoms with Gasteiger partial charge in [-0.25, -0.2) is 13.2 Å². The van der Waals surface area contributed by atoms with E-state index in [4.69, 9.17) is 0 Å². The van der Waals surface area contributed by atoms with E-state index >= 15 is 0 Å². The summed E-state index contributed by atoms with van der Waals surface area (Å²) in [5.74, 6) is -14.5. The third-order valence-electron chi connectivity index (χ3n) is 3.14. The molecule has 0 radical (unpaired) electrons. The van der Waals surface area contributed by atoms with Gasteiger partial charge in [0.15, 0.2) is 11.4 Å². The zero-order chi connectivity index (χ0) is 25.2. The summed E-state index contributed by atoms with van der Waals surface area (Å²) in [5, 5.41) is 0. The molecule has 0 aromatic carbocycles. The number of hydrogen-bond acceptors (Lipinski definition) is 0. The summed E-state index contributed by atoms with van der Waals surface area (Å²) in [6.45, 7) is 0. The minimum absolute atomic E-state index is 5.45. The summed E-state index contributed by atoms with van der Waals surface area (Å²) in [6.07, 6.45) is -40.6. The third kappa shape index (κ3) is 3.96. The average Bonchev–Trinajstić information content (AvgIpc) is 2.37. The predicted octanol–water partition coefficient (Wildman–Crippen LogP) is 7.07. The smallest absolute Gasteiger partial charge is 0.222 e. The van der Waals surface area contributed by atoms with Gasteiger partial charge in [-0.3, -0.25) is 0 Å². The molecule has 0 aliphatic heterocycles. The van der Waals surface area contributed by atoms with Crippen LogP contribution in [0.2, 0.25) is 0 Å². The Kier molecular flexibility index (Phi) is 6.54. The van der Waals surface area contributed by atoms with Crippen molar-refractivity contribution in [2.75, 3.05) is 0 Å². The summed E-state index contributed by atoms with van der Waals surface area (Å²) in [4.78, 5) is 0. The average molecular weight is 500 g/mol. The van der Waals surface area contributed by atoms with Gasteiger partial charge in [0.1, 0.15) is 0 Å². The maximum absolute atomic E-state index is 13.8. The van der Waals surface area contributed by atoms with Crippen molar-refractivity contribution in [3.05, 3.63) is 11.4 Å². The van der Waals surface area contributed by atoms with Crippen LogP contribution in [0, 0.1) is 0 Å². The molecule has 0 spiro atoms. The fraction of sp³-hybridized carbons (Fsp3) is 0.800. The van der Waals surface area contributed by atoms with Crippen LogP contribution in [0.15, 0.2) is 11.4 Å². The molecule has 30 heavy (non-hydrogen) atoms. The molecule has 0 aliphatic carbocycles. The quantitative estimate of drug-likeness (QED) is 0.364. The van der Waals surface area contributed by atoms with Gasteiger partial charge in [0, 0.05) is 0 Å². The largest absolute Gasteiger partial charge is 0.435 e. The van der Waals surface area contributed by atoms with Crippen LogP contribution in [-0.4, -0.2) is 48.1 Å². The molecule has 0 fully saturated rings. The number of rotatable bonds is 3. The van der Waals surface area contributed by atoms with Crippen molar-refractivity contribution in [1.82, 2.24) is 0 Å². The SMILES string of the molecule is FC(=C(C(F)(F)F)C(F)(F)F)C(F)(F)C(F)(C(F)(F)F)C(F)(C(F)(F)F)C(F)(F)F. The van der Waals surface area contributed by atoms with Crippen molar-refractivity contribution < 1.29 is 87.8 Å². The van der Waals surface area contributed by atoms with E-state index in [1.54, 1.807) is 0 Å². The molecule has 0 N–H and O–H groups in total. The highest BCUT2D eigenvalue weighted by atomic mass is 19.4. The van der Waals surface area contributed by atoms with Crippen molar-refractivity contribution in [2.24, 2.45) is 0 Å². The molecule has 0 saturated heterocycles. The maximum Gasteiger partial charge on any atom is 0.435 e. The minimum atomic E-state index is -9.09. The van der Waals surface area contributed by atoms with E-state index < -0.39 is 59.5 Å². The van der Waals surface area contributed by atoms with Gasteiger partial charge in [0.2, 0.25) is 0 Å². The van der Waals surface area contributed by atoms with Crippen molar-refractivity contribution in [3.8, 4) is 0 Å². The first-order valence-corrected chi connectivity index (χ1v) is 6.03. The summed E-state index contributed by atoms with van der Waals surface area (Å²) < 4.78 is 252. The van der Waals surface area contributed by atoms with Crippen molar-refractivity contribution in [2.45, 2.75) is 48.1 Å². The standard InChI is InChI=1S/C10F20/c11-2(1(4(14,15)16)5(17,18)19)3(12,13)6(20,8(22,23)24)7(21,9(25,26)27)10(28,29)30. The van der Waals surface area contributed by atoms with Gasteiger partial charge < -0.3 is 0 Å². The number of halogens is 20. The predicted molar refractivity (Wildman–Crippen MR) is 51.0 cm³/mol. The van der Waals surface area contributed by atoms with Gasteiger partial charge in [-0.05, 0) is 0 Å². The second-order valence-electron chi connectivity index (χ2n) is 5.07. The van der Waals surface area contributed by atoms with Crippen LogP contribution in [0.3, 0.4) is 0 Å². The lowest BCUT2D eigenvalue weighted by molar-refractivity contribution is -0.443. The molecule has 0 nitrogen and oxygen atoms in total. The normalized spacial score (nSPS) is 17.6. The zero-order valence-corrected chi connectivity index (χ0v) is 12.6. The summed E-state index contributed by atoms with van der Waals surface area (Å²) in [7, 11) is 0. The summed E-state index contributed by atoms with van der Waals surface area (Å²) >= 11 is 0. The van der Waals surface area contributed by atoms with Gasteiger partial charge in [0.25, 0.3) is 0 Å². The van der Waals surface area contributed by atoms with Crippen molar-refractivity contribution in [3.63, 3.8) is 0 Å². The molecule has 0 heterocycles. The topological polar surface area (TPSA) is 0 Å². The molecule has 20 heteroatoms. The highest BCUT2D eigenvalue weighted by Crippen LogP contribution is 2.65. The van der Waals surface area contributed by atoms with E-state index in [-0.39, 0.29) is 0 Å². The van der Waals surface area contributed by atoms with Gasteiger partial charge in [-0.1, -0.05) is 0 Å². The van der Waals surface area contributed by atoms with Crippen molar-refractivity contribution in [1.29, 1.82) is 0 Å². The molecular formula is C10F20. The molecule has 0 bridgehead atoms. The Balaban J connectivity index is 7.79. The van der Waals surface area contributed by atoms with Gasteiger partial charge >= 0.3 is 48.1 Å². The fourth-order valence-electron chi connectivity index (χ4n) is 1.86. The zero-order valence-electron chi connectivity index (χ0n) is 12.6. The maximum atomic E-state index is 13.8. The van der Waals surface area contributed by atoms with E-state index in [9.17, 15) is 87.8 Å². The molecule has 0 aromatic rings. The Labute approximate surface area is 149 Å². The number of hydrogen-bond donors (Lipinski definition) is 0. The third-order valence-corrected chi connectivity index (χ3v) is 3.14. The highest BCUT2D eigenvalue weighted by molar-refractivity contribution is 5.33. The van der Waals surface area contributed by atoms with Crippen LogP contribution in [0.1, 0.15) is 0 Å². The van der Waals surface area contributed by atoms with E-state index in [2.05, 4.69) is 0 Å². The van der Waals surface area contributed by atoms with Crippen LogP contribution in [0.25, 0.3) is 0 Å². The lowest BCUT2D eigenvalue weighted by Crippen LogP contribution is -2.77. The number of allylic oxidation sites excluding steroid dienone is 2. The molecule has 0 aliphatic rings. The molecule has 1 atom stereocenters. The minimum Gasteiger partial charge on any atom is -0.222 e. The van der Waals surface area contributed by atoms with Gasteiger partial charge in [-0.2, -0.15) is 74.6 Å². The molecule has 0 amide bonds. The van der Waals surface area contributed by atoms with Crippen LogP contribution in [0.5, 0.6) is 0 Å². The summed E-state index contributed by atoms with van der Waals surface area (Å²) in [5.41, 5.74) is -23.5. The molecule has 0 saturated carbocycles. The first-order valence-electron chi connectivity index (χ1n) is 6.03. The Morgan fingerprint density at radius 2 is 0.600 bits per heavy atom. The van der Waals surface area contributed by atoms with E-state index in [0.717, 1.165) is 0 Å². The molecule has 1 unspecified atom stereocenters.